The van der Waals surface area contributed by atoms with Gasteiger partial charge in [0.2, 0.25) is 0 Å². The van der Waals surface area contributed by atoms with Crippen LogP contribution in [0.2, 0.25) is 0 Å². The van der Waals surface area contributed by atoms with E-state index in [0.29, 0.717) is 18.8 Å². The highest BCUT2D eigenvalue weighted by molar-refractivity contribution is 14.0. The first-order valence-corrected chi connectivity index (χ1v) is 9.83. The van der Waals surface area contributed by atoms with Gasteiger partial charge in [-0.05, 0) is 43.7 Å². The second-order valence-electron chi connectivity index (χ2n) is 6.04. The van der Waals surface area contributed by atoms with E-state index < -0.39 is 0 Å². The molecule has 9 heteroatoms. The van der Waals surface area contributed by atoms with E-state index in [1.807, 2.05) is 44.3 Å². The zero-order chi connectivity index (χ0) is 19.8. The number of nitrogens with one attached hydrogen (secondary N) is 3. The summed E-state index contributed by atoms with van der Waals surface area (Å²) in [5.41, 5.74) is 1.75. The van der Waals surface area contributed by atoms with Gasteiger partial charge in [-0.3, -0.25) is 4.79 Å². The molecule has 0 bridgehead atoms. The SMILES string of the molecule is CCNC(=NCc1ccc(NC(=O)c2ccco2)cc1)NCc1ncc(C)s1.I. The van der Waals surface area contributed by atoms with Crippen molar-refractivity contribution in [2.45, 2.75) is 26.9 Å². The summed E-state index contributed by atoms with van der Waals surface area (Å²) in [6.45, 7) is 6.02. The van der Waals surface area contributed by atoms with Crippen LogP contribution in [0.15, 0.2) is 58.3 Å². The largest absolute Gasteiger partial charge is 0.459 e. The normalized spacial score (nSPS) is 10.9. The Morgan fingerprint density at radius 1 is 1.21 bits per heavy atom. The van der Waals surface area contributed by atoms with Crippen molar-refractivity contribution < 1.29 is 9.21 Å². The summed E-state index contributed by atoms with van der Waals surface area (Å²) < 4.78 is 5.09. The molecule has 3 rings (SSSR count). The van der Waals surface area contributed by atoms with Crippen molar-refractivity contribution in [1.82, 2.24) is 15.6 Å². The predicted octanol–water partition coefficient (Wildman–Crippen LogP) is 4.17. The minimum atomic E-state index is -0.271. The Balaban J connectivity index is 0.00000300. The number of amides is 1. The maximum Gasteiger partial charge on any atom is 0.291 e. The summed E-state index contributed by atoms with van der Waals surface area (Å²) in [4.78, 5) is 22.1. The van der Waals surface area contributed by atoms with Crippen LogP contribution < -0.4 is 16.0 Å². The lowest BCUT2D eigenvalue weighted by Crippen LogP contribution is -2.36. The molecule has 0 saturated carbocycles. The molecule has 3 aromatic rings. The number of aromatic nitrogens is 1. The van der Waals surface area contributed by atoms with Gasteiger partial charge in [0.25, 0.3) is 5.91 Å². The molecule has 0 aliphatic rings. The number of carbonyl (C=O) groups excluding carboxylic acids is 1. The van der Waals surface area contributed by atoms with Crippen molar-refractivity contribution in [3.63, 3.8) is 0 Å². The maximum absolute atomic E-state index is 12.0. The lowest BCUT2D eigenvalue weighted by Gasteiger charge is -2.10. The molecule has 29 heavy (non-hydrogen) atoms. The van der Waals surface area contributed by atoms with Gasteiger partial charge in [0, 0.05) is 23.3 Å². The smallest absolute Gasteiger partial charge is 0.291 e. The van der Waals surface area contributed by atoms with Crippen molar-refractivity contribution in [1.29, 1.82) is 0 Å². The van der Waals surface area contributed by atoms with Crippen molar-refractivity contribution in [2.24, 2.45) is 4.99 Å². The predicted molar refractivity (Wildman–Crippen MR) is 127 cm³/mol. The third kappa shape index (κ3) is 7.17. The first-order valence-electron chi connectivity index (χ1n) is 9.01. The second kappa shape index (κ2) is 11.6. The van der Waals surface area contributed by atoms with E-state index >= 15 is 0 Å². The van der Waals surface area contributed by atoms with Crippen LogP contribution in [0.3, 0.4) is 0 Å². The van der Waals surface area contributed by atoms with Crippen LogP contribution in [-0.2, 0) is 13.1 Å². The Morgan fingerprint density at radius 2 is 2.00 bits per heavy atom. The number of benzene rings is 1. The van der Waals surface area contributed by atoms with Crippen LogP contribution in [-0.4, -0.2) is 23.4 Å². The number of guanidine groups is 1. The summed E-state index contributed by atoms with van der Waals surface area (Å²) in [6.07, 6.45) is 3.35. The highest BCUT2D eigenvalue weighted by Crippen LogP contribution is 2.13. The molecule has 0 fully saturated rings. The number of thiazole rings is 1. The minimum absolute atomic E-state index is 0. The van der Waals surface area contributed by atoms with Crippen molar-refractivity contribution in [2.75, 3.05) is 11.9 Å². The average molecular weight is 525 g/mol. The number of aliphatic imine (C=N–C) groups is 1. The fourth-order valence-electron chi connectivity index (χ4n) is 2.45. The highest BCUT2D eigenvalue weighted by Gasteiger charge is 2.08. The maximum atomic E-state index is 12.0. The Kier molecular flexibility index (Phi) is 9.13. The molecule has 154 valence electrons. The molecular formula is C20H24IN5O2S. The third-order valence-electron chi connectivity index (χ3n) is 3.80. The van der Waals surface area contributed by atoms with E-state index in [1.165, 1.54) is 11.1 Å². The lowest BCUT2D eigenvalue weighted by atomic mass is 10.2. The van der Waals surface area contributed by atoms with Crippen LogP contribution in [0, 0.1) is 6.92 Å². The molecule has 2 aromatic heterocycles. The molecule has 0 aliphatic carbocycles. The van der Waals surface area contributed by atoms with E-state index in [4.69, 9.17) is 4.42 Å². The summed E-state index contributed by atoms with van der Waals surface area (Å²) in [5.74, 6) is 0.753. The molecule has 2 heterocycles. The van der Waals surface area contributed by atoms with Crippen LogP contribution in [0.25, 0.3) is 0 Å². The van der Waals surface area contributed by atoms with Gasteiger partial charge in [0.15, 0.2) is 11.7 Å². The number of hydrogen-bond acceptors (Lipinski definition) is 5. The van der Waals surface area contributed by atoms with E-state index in [-0.39, 0.29) is 35.6 Å². The Labute approximate surface area is 191 Å². The van der Waals surface area contributed by atoms with Crippen LogP contribution in [0.1, 0.15) is 32.9 Å². The Hall–Kier alpha value is -2.40. The zero-order valence-corrected chi connectivity index (χ0v) is 19.4. The molecule has 0 aliphatic heterocycles. The molecule has 0 unspecified atom stereocenters. The third-order valence-corrected chi connectivity index (χ3v) is 4.71. The van der Waals surface area contributed by atoms with Gasteiger partial charge < -0.3 is 20.4 Å². The molecule has 1 aromatic carbocycles. The van der Waals surface area contributed by atoms with Crippen molar-refractivity contribution in [3.8, 4) is 0 Å². The van der Waals surface area contributed by atoms with Gasteiger partial charge >= 0.3 is 0 Å². The lowest BCUT2D eigenvalue weighted by molar-refractivity contribution is 0.0996. The molecular weight excluding hydrogens is 501 g/mol. The van der Waals surface area contributed by atoms with E-state index in [2.05, 4.69) is 25.9 Å². The number of hydrogen-bond donors (Lipinski definition) is 3. The first kappa shape index (κ1) is 22.9. The summed E-state index contributed by atoms with van der Waals surface area (Å²) in [6, 6.07) is 10.9. The fraction of sp³-hybridized carbons (Fsp3) is 0.250. The van der Waals surface area contributed by atoms with E-state index in [0.717, 1.165) is 23.1 Å². The summed E-state index contributed by atoms with van der Waals surface area (Å²) in [7, 11) is 0. The molecule has 0 spiro atoms. The number of anilines is 1. The molecule has 0 atom stereocenters. The molecule has 1 amide bonds. The Morgan fingerprint density at radius 3 is 2.62 bits per heavy atom. The highest BCUT2D eigenvalue weighted by atomic mass is 127. The number of halogens is 1. The first-order chi connectivity index (χ1) is 13.6. The number of rotatable bonds is 7. The van der Waals surface area contributed by atoms with Gasteiger partial charge in [-0.15, -0.1) is 35.3 Å². The summed E-state index contributed by atoms with van der Waals surface area (Å²) >= 11 is 1.67. The van der Waals surface area contributed by atoms with Crippen LogP contribution in [0.5, 0.6) is 0 Å². The van der Waals surface area contributed by atoms with Crippen LogP contribution >= 0.6 is 35.3 Å². The monoisotopic (exact) mass is 525 g/mol. The van der Waals surface area contributed by atoms with Crippen molar-refractivity contribution in [3.05, 3.63) is 70.1 Å². The van der Waals surface area contributed by atoms with Crippen LogP contribution in [0.4, 0.5) is 5.69 Å². The van der Waals surface area contributed by atoms with Crippen molar-refractivity contribution >= 4 is 52.9 Å². The Bertz CT molecular complexity index is 923. The number of furan rings is 1. The minimum Gasteiger partial charge on any atom is -0.459 e. The number of nitrogens with zero attached hydrogens (tertiary/aromatic N) is 2. The van der Waals surface area contributed by atoms with Gasteiger partial charge in [-0.2, -0.15) is 0 Å². The fourth-order valence-corrected chi connectivity index (χ4v) is 3.18. The molecule has 0 saturated heterocycles. The van der Waals surface area contributed by atoms with Gasteiger partial charge in [0.1, 0.15) is 5.01 Å². The number of carbonyl (C=O) groups is 1. The second-order valence-corrected chi connectivity index (χ2v) is 7.36. The average Bonchev–Trinajstić information content (AvgIpc) is 3.37. The summed E-state index contributed by atoms with van der Waals surface area (Å²) in [5, 5.41) is 10.4. The topological polar surface area (TPSA) is 91.5 Å². The quantitative estimate of drug-likeness (QED) is 0.245. The molecule has 7 nitrogen and oxygen atoms in total. The van der Waals surface area contributed by atoms with Gasteiger partial charge in [-0.25, -0.2) is 9.98 Å². The van der Waals surface area contributed by atoms with Gasteiger partial charge in [-0.1, -0.05) is 12.1 Å². The molecule has 3 N–H and O–H groups in total. The molecule has 0 radical (unpaired) electrons. The van der Waals surface area contributed by atoms with Gasteiger partial charge in [0.05, 0.1) is 19.4 Å². The standard InChI is InChI=1S/C20H23N5O2S.HI/c1-3-21-20(24-13-18-22-11-14(2)28-18)23-12-15-6-8-16(9-7-15)25-19(26)17-5-4-10-27-17;/h4-11H,3,12-13H2,1-2H3,(H,25,26)(H2,21,23,24);1H. The zero-order valence-electron chi connectivity index (χ0n) is 16.3. The van der Waals surface area contributed by atoms with E-state index in [9.17, 15) is 4.79 Å². The van der Waals surface area contributed by atoms with E-state index in [1.54, 1.807) is 23.5 Å². The number of aryl methyl sites for hydroxylation is 1.